The van der Waals surface area contributed by atoms with Gasteiger partial charge in [0.25, 0.3) is 0 Å². The second-order valence-corrected chi connectivity index (χ2v) is 2.72. The smallest absolute Gasteiger partial charge is 0.124 e. The highest BCUT2D eigenvalue weighted by Gasteiger charge is 2.13. The van der Waals surface area contributed by atoms with E-state index < -0.39 is 0 Å². The predicted molar refractivity (Wildman–Crippen MR) is 47.2 cm³/mol. The topological polar surface area (TPSA) is 9.23 Å². The van der Waals surface area contributed by atoms with Crippen molar-refractivity contribution in [3.8, 4) is 0 Å². The Kier molecular flexibility index (Phi) is 2.53. The molecule has 1 rings (SSSR count). The largest absolute Gasteiger partial charge is 0.496 e. The zero-order valence-corrected chi connectivity index (χ0v) is 7.02. The predicted octanol–water partition coefficient (Wildman–Crippen LogP) is 2.81. The SMILES string of the molecule is C=CC1=C(OC)C(=C)CCC1. The van der Waals surface area contributed by atoms with Crippen molar-refractivity contribution in [1.82, 2.24) is 0 Å². The van der Waals surface area contributed by atoms with E-state index in [1.165, 1.54) is 12.0 Å². The summed E-state index contributed by atoms with van der Waals surface area (Å²) in [5.41, 5.74) is 2.30. The van der Waals surface area contributed by atoms with E-state index in [4.69, 9.17) is 4.74 Å². The third kappa shape index (κ3) is 1.53. The molecule has 11 heavy (non-hydrogen) atoms. The lowest BCUT2D eigenvalue weighted by Gasteiger charge is -2.18. The van der Waals surface area contributed by atoms with Crippen LogP contribution < -0.4 is 0 Å². The number of allylic oxidation sites excluding steroid dienone is 3. The third-order valence-electron chi connectivity index (χ3n) is 1.99. The van der Waals surface area contributed by atoms with E-state index in [-0.39, 0.29) is 0 Å². The molecule has 1 aliphatic carbocycles. The Hall–Kier alpha value is -0.980. The van der Waals surface area contributed by atoms with Crippen molar-refractivity contribution in [2.45, 2.75) is 19.3 Å². The van der Waals surface area contributed by atoms with Gasteiger partial charge in [-0.05, 0) is 30.4 Å². The van der Waals surface area contributed by atoms with Gasteiger partial charge in [0.2, 0.25) is 0 Å². The first-order valence-electron chi connectivity index (χ1n) is 3.87. The van der Waals surface area contributed by atoms with Gasteiger partial charge in [-0.2, -0.15) is 0 Å². The van der Waals surface area contributed by atoms with Crippen LogP contribution in [0.5, 0.6) is 0 Å². The van der Waals surface area contributed by atoms with Crippen molar-refractivity contribution >= 4 is 0 Å². The summed E-state index contributed by atoms with van der Waals surface area (Å²) in [6.45, 7) is 7.67. The second-order valence-electron chi connectivity index (χ2n) is 2.72. The highest BCUT2D eigenvalue weighted by atomic mass is 16.5. The second kappa shape index (κ2) is 3.42. The molecule has 0 amide bonds. The lowest BCUT2D eigenvalue weighted by molar-refractivity contribution is 0.289. The Balaban J connectivity index is 2.94. The van der Waals surface area contributed by atoms with E-state index >= 15 is 0 Å². The summed E-state index contributed by atoms with van der Waals surface area (Å²) in [6, 6.07) is 0. The standard InChI is InChI=1S/C10H14O/c1-4-9-7-5-6-8(2)10(9)11-3/h4H,1-2,5-7H2,3H3. The van der Waals surface area contributed by atoms with Crippen molar-refractivity contribution in [3.05, 3.63) is 36.1 Å². The maximum absolute atomic E-state index is 5.22. The quantitative estimate of drug-likeness (QED) is 0.588. The average molecular weight is 150 g/mol. The van der Waals surface area contributed by atoms with E-state index in [1.807, 2.05) is 6.08 Å². The molecule has 60 valence electrons. The van der Waals surface area contributed by atoms with E-state index in [9.17, 15) is 0 Å². The Labute approximate surface area is 68.1 Å². The van der Waals surface area contributed by atoms with Crippen LogP contribution in [-0.2, 0) is 4.74 Å². The molecule has 1 nitrogen and oxygen atoms in total. The van der Waals surface area contributed by atoms with Crippen molar-refractivity contribution in [3.63, 3.8) is 0 Å². The molecule has 0 unspecified atom stereocenters. The van der Waals surface area contributed by atoms with Gasteiger partial charge in [-0.25, -0.2) is 0 Å². The fourth-order valence-electron chi connectivity index (χ4n) is 1.42. The van der Waals surface area contributed by atoms with Gasteiger partial charge >= 0.3 is 0 Å². The maximum Gasteiger partial charge on any atom is 0.124 e. The van der Waals surface area contributed by atoms with E-state index in [0.29, 0.717) is 0 Å². The molecule has 1 heteroatoms. The molecule has 0 aromatic carbocycles. The molecule has 1 aliphatic rings. The highest BCUT2D eigenvalue weighted by Crippen LogP contribution is 2.28. The highest BCUT2D eigenvalue weighted by molar-refractivity contribution is 5.36. The summed E-state index contributed by atoms with van der Waals surface area (Å²) >= 11 is 0. The summed E-state index contributed by atoms with van der Waals surface area (Å²) in [7, 11) is 1.69. The molecule has 0 aliphatic heterocycles. The molecule has 0 heterocycles. The summed E-state index contributed by atoms with van der Waals surface area (Å²) in [5.74, 6) is 0.950. The monoisotopic (exact) mass is 150 g/mol. The fourth-order valence-corrected chi connectivity index (χ4v) is 1.42. The van der Waals surface area contributed by atoms with E-state index in [2.05, 4.69) is 13.2 Å². The number of ether oxygens (including phenoxy) is 1. The first-order valence-corrected chi connectivity index (χ1v) is 3.87. The number of hydrogen-bond acceptors (Lipinski definition) is 1. The Morgan fingerprint density at radius 2 is 2.18 bits per heavy atom. The lowest BCUT2D eigenvalue weighted by atomic mass is 9.94. The van der Waals surface area contributed by atoms with Crippen LogP contribution in [0.4, 0.5) is 0 Å². The average Bonchev–Trinajstić information content (AvgIpc) is 2.04. The first kappa shape index (κ1) is 8.12. The van der Waals surface area contributed by atoms with Crippen LogP contribution in [0, 0.1) is 0 Å². The van der Waals surface area contributed by atoms with Gasteiger partial charge in [-0.15, -0.1) is 0 Å². The van der Waals surface area contributed by atoms with Gasteiger partial charge in [0, 0.05) is 0 Å². The van der Waals surface area contributed by atoms with Gasteiger partial charge in [0.1, 0.15) is 5.76 Å². The molecule has 0 atom stereocenters. The summed E-state index contributed by atoms with van der Waals surface area (Å²) in [6.07, 6.45) is 5.17. The van der Waals surface area contributed by atoms with Crippen LogP contribution in [0.1, 0.15) is 19.3 Å². The zero-order chi connectivity index (χ0) is 8.27. The maximum atomic E-state index is 5.22. The summed E-state index contributed by atoms with van der Waals surface area (Å²) in [5, 5.41) is 0. The van der Waals surface area contributed by atoms with Crippen LogP contribution in [0.3, 0.4) is 0 Å². The van der Waals surface area contributed by atoms with Crippen LogP contribution in [0.25, 0.3) is 0 Å². The molecule has 0 bridgehead atoms. The fraction of sp³-hybridized carbons (Fsp3) is 0.400. The Morgan fingerprint density at radius 3 is 2.64 bits per heavy atom. The lowest BCUT2D eigenvalue weighted by Crippen LogP contribution is -2.02. The molecule has 0 saturated heterocycles. The molecule has 0 aromatic heterocycles. The summed E-state index contributed by atoms with van der Waals surface area (Å²) in [4.78, 5) is 0. The molecule has 0 radical (unpaired) electrons. The van der Waals surface area contributed by atoms with Crippen molar-refractivity contribution < 1.29 is 4.74 Å². The minimum atomic E-state index is 0.950. The van der Waals surface area contributed by atoms with Gasteiger partial charge in [-0.1, -0.05) is 19.2 Å². The van der Waals surface area contributed by atoms with Crippen LogP contribution in [0.15, 0.2) is 36.1 Å². The van der Waals surface area contributed by atoms with Crippen LogP contribution >= 0.6 is 0 Å². The molecule has 0 aromatic rings. The van der Waals surface area contributed by atoms with E-state index in [0.717, 1.165) is 24.2 Å². The molecule has 0 fully saturated rings. The molecule has 0 spiro atoms. The normalized spacial score (nSPS) is 18.5. The van der Waals surface area contributed by atoms with Gasteiger partial charge < -0.3 is 4.74 Å². The number of hydrogen-bond donors (Lipinski definition) is 0. The van der Waals surface area contributed by atoms with E-state index in [1.54, 1.807) is 7.11 Å². The molecular formula is C10H14O. The Bertz CT molecular complexity index is 211. The molecule has 0 saturated carbocycles. The van der Waals surface area contributed by atoms with Gasteiger partial charge in [0.05, 0.1) is 7.11 Å². The number of methoxy groups -OCH3 is 1. The van der Waals surface area contributed by atoms with Crippen LogP contribution in [-0.4, -0.2) is 7.11 Å². The number of rotatable bonds is 2. The summed E-state index contributed by atoms with van der Waals surface area (Å²) < 4.78 is 5.22. The van der Waals surface area contributed by atoms with Gasteiger partial charge in [-0.3, -0.25) is 0 Å². The first-order chi connectivity index (χ1) is 5.29. The van der Waals surface area contributed by atoms with Crippen molar-refractivity contribution in [1.29, 1.82) is 0 Å². The van der Waals surface area contributed by atoms with Gasteiger partial charge in [0.15, 0.2) is 0 Å². The minimum Gasteiger partial charge on any atom is -0.496 e. The molecule has 0 N–H and O–H groups in total. The van der Waals surface area contributed by atoms with Crippen molar-refractivity contribution in [2.24, 2.45) is 0 Å². The molecular weight excluding hydrogens is 136 g/mol. The van der Waals surface area contributed by atoms with Crippen LogP contribution in [0.2, 0.25) is 0 Å². The zero-order valence-electron chi connectivity index (χ0n) is 7.02. The van der Waals surface area contributed by atoms with Crippen molar-refractivity contribution in [2.75, 3.05) is 7.11 Å². The Morgan fingerprint density at radius 1 is 1.45 bits per heavy atom. The third-order valence-corrected chi connectivity index (χ3v) is 1.99. The minimum absolute atomic E-state index is 0.950.